The van der Waals surface area contributed by atoms with E-state index in [9.17, 15) is 9.59 Å². The Hall–Kier alpha value is -2.01. The van der Waals surface area contributed by atoms with Crippen LogP contribution in [0.25, 0.3) is 0 Å². The van der Waals surface area contributed by atoms with Crippen LogP contribution in [0.5, 0.6) is 0 Å². The minimum atomic E-state index is -0.0996. The molecule has 1 heterocycles. The normalized spacial score (nSPS) is 13.1. The molecule has 4 nitrogen and oxygen atoms in total. The van der Waals surface area contributed by atoms with Gasteiger partial charge in [0.15, 0.2) is 0 Å². The molecule has 1 aliphatic heterocycles. The van der Waals surface area contributed by atoms with Gasteiger partial charge in [0.2, 0.25) is 5.91 Å². The molecule has 0 fully saturated rings. The van der Waals surface area contributed by atoms with E-state index in [1.807, 2.05) is 6.07 Å². The zero-order valence-electron chi connectivity index (χ0n) is 11.1. The van der Waals surface area contributed by atoms with Crippen LogP contribution in [0.1, 0.15) is 10.4 Å². The number of hydrogen-bond donors (Lipinski definition) is 1. The second-order valence-electron chi connectivity index (χ2n) is 4.34. The number of thioether (sulfide) groups is 1. The van der Waals surface area contributed by atoms with Crippen molar-refractivity contribution >= 4 is 29.3 Å². The molecule has 104 valence electrons. The molecule has 2 amide bonds. The van der Waals surface area contributed by atoms with Crippen molar-refractivity contribution in [1.82, 2.24) is 4.90 Å². The highest BCUT2D eigenvalue weighted by Gasteiger charge is 2.19. The molecule has 2 rings (SSSR count). The number of hydrogen-bond acceptors (Lipinski definition) is 3. The van der Waals surface area contributed by atoms with E-state index < -0.39 is 0 Å². The number of amides is 2. The highest BCUT2D eigenvalue weighted by Crippen LogP contribution is 2.32. The first-order chi connectivity index (χ1) is 9.65. The third kappa shape index (κ3) is 3.11. The van der Waals surface area contributed by atoms with Gasteiger partial charge in [-0.25, -0.2) is 0 Å². The number of carbonyl (C=O) groups is 2. The fraction of sp³-hybridized carbons (Fsp3) is 0.200. The molecule has 1 aromatic carbocycles. The third-order valence-electron chi connectivity index (χ3n) is 2.85. The van der Waals surface area contributed by atoms with E-state index in [0.717, 1.165) is 4.90 Å². The van der Waals surface area contributed by atoms with Crippen LogP contribution in [-0.2, 0) is 4.79 Å². The first-order valence-electron chi connectivity index (χ1n) is 6.23. The van der Waals surface area contributed by atoms with Gasteiger partial charge in [-0.15, -0.1) is 24.9 Å². The lowest BCUT2D eigenvalue weighted by atomic mass is 10.1. The van der Waals surface area contributed by atoms with Crippen LogP contribution in [0.15, 0.2) is 48.4 Å². The molecule has 20 heavy (non-hydrogen) atoms. The van der Waals surface area contributed by atoms with Crippen LogP contribution in [0.4, 0.5) is 5.69 Å². The molecular weight excluding hydrogens is 272 g/mol. The summed E-state index contributed by atoms with van der Waals surface area (Å²) in [5, 5.41) is 2.79. The predicted molar refractivity (Wildman–Crippen MR) is 82.1 cm³/mol. The summed E-state index contributed by atoms with van der Waals surface area (Å²) in [5.74, 6) is 0.276. The average Bonchev–Trinajstić information content (AvgIpc) is 2.45. The van der Waals surface area contributed by atoms with Crippen molar-refractivity contribution in [3.05, 3.63) is 49.1 Å². The van der Waals surface area contributed by atoms with Crippen molar-refractivity contribution in [3.63, 3.8) is 0 Å². The van der Waals surface area contributed by atoms with E-state index in [4.69, 9.17) is 0 Å². The van der Waals surface area contributed by atoms with Crippen LogP contribution < -0.4 is 5.32 Å². The number of benzene rings is 1. The molecule has 0 bridgehead atoms. The maximum atomic E-state index is 12.4. The van der Waals surface area contributed by atoms with Gasteiger partial charge in [0.1, 0.15) is 0 Å². The van der Waals surface area contributed by atoms with Crippen LogP contribution in [-0.4, -0.2) is 35.6 Å². The molecule has 0 saturated heterocycles. The standard InChI is InChI=1S/C15H16N2O2S/c1-3-7-17(8-4-2)15(19)11-5-6-13-12(9-11)16-14(18)10-20-13/h3-6,9H,1-2,7-8,10H2,(H,16,18). The SMILES string of the molecule is C=CCN(CC=C)C(=O)c1ccc2c(c1)NC(=O)CS2. The van der Waals surface area contributed by atoms with E-state index in [-0.39, 0.29) is 11.8 Å². The molecule has 0 unspecified atom stereocenters. The molecule has 5 heteroatoms. The summed E-state index contributed by atoms with van der Waals surface area (Å²) >= 11 is 1.48. The van der Waals surface area contributed by atoms with Gasteiger partial charge < -0.3 is 10.2 Å². The molecule has 0 aliphatic carbocycles. The fourth-order valence-electron chi connectivity index (χ4n) is 1.95. The lowest BCUT2D eigenvalue weighted by Crippen LogP contribution is -2.31. The lowest BCUT2D eigenvalue weighted by molar-refractivity contribution is -0.113. The second-order valence-corrected chi connectivity index (χ2v) is 5.35. The smallest absolute Gasteiger partial charge is 0.254 e. The van der Waals surface area contributed by atoms with Gasteiger partial charge in [-0.1, -0.05) is 12.2 Å². The summed E-state index contributed by atoms with van der Waals surface area (Å²) in [4.78, 5) is 26.4. The van der Waals surface area contributed by atoms with Gasteiger partial charge in [-0.05, 0) is 18.2 Å². The Bertz CT molecular complexity index is 559. The van der Waals surface area contributed by atoms with Gasteiger partial charge in [0.25, 0.3) is 5.91 Å². The fourth-order valence-corrected chi connectivity index (χ4v) is 2.74. The van der Waals surface area contributed by atoms with Gasteiger partial charge in [0.05, 0.1) is 11.4 Å². The third-order valence-corrected chi connectivity index (χ3v) is 3.92. The minimum absolute atomic E-state index is 0.0406. The Kier molecular flexibility index (Phi) is 4.63. The molecule has 1 aromatic rings. The minimum Gasteiger partial charge on any atom is -0.331 e. The topological polar surface area (TPSA) is 49.4 Å². The summed E-state index contributed by atoms with van der Waals surface area (Å²) in [5.41, 5.74) is 1.25. The van der Waals surface area contributed by atoms with E-state index in [1.54, 1.807) is 29.2 Å². The molecule has 0 saturated carbocycles. The average molecular weight is 288 g/mol. The summed E-state index contributed by atoms with van der Waals surface area (Å²) in [6, 6.07) is 5.37. The number of rotatable bonds is 5. The molecule has 0 atom stereocenters. The van der Waals surface area contributed by atoms with E-state index in [1.165, 1.54) is 11.8 Å². The van der Waals surface area contributed by atoms with E-state index >= 15 is 0 Å². The zero-order chi connectivity index (χ0) is 14.5. The van der Waals surface area contributed by atoms with Crippen molar-refractivity contribution in [2.45, 2.75) is 4.90 Å². The summed E-state index contributed by atoms with van der Waals surface area (Å²) in [7, 11) is 0. The van der Waals surface area contributed by atoms with Crippen molar-refractivity contribution in [2.75, 3.05) is 24.2 Å². The summed E-state index contributed by atoms with van der Waals surface area (Å²) in [6.45, 7) is 8.22. The molecular formula is C15H16N2O2S. The monoisotopic (exact) mass is 288 g/mol. The quantitative estimate of drug-likeness (QED) is 0.847. The van der Waals surface area contributed by atoms with Gasteiger partial charge in [-0.3, -0.25) is 9.59 Å². The zero-order valence-corrected chi connectivity index (χ0v) is 11.9. The van der Waals surface area contributed by atoms with Crippen LogP contribution in [0, 0.1) is 0 Å². The number of nitrogens with one attached hydrogen (secondary N) is 1. The maximum absolute atomic E-state index is 12.4. The first-order valence-corrected chi connectivity index (χ1v) is 7.22. The molecule has 1 N–H and O–H groups in total. The van der Waals surface area contributed by atoms with Crippen molar-refractivity contribution in [1.29, 1.82) is 0 Å². The second kappa shape index (κ2) is 6.43. The largest absolute Gasteiger partial charge is 0.331 e. The number of carbonyl (C=O) groups excluding carboxylic acids is 2. The number of anilines is 1. The van der Waals surface area contributed by atoms with Gasteiger partial charge >= 0.3 is 0 Å². The Labute approximate surface area is 122 Å². The Morgan fingerprint density at radius 2 is 2.05 bits per heavy atom. The molecule has 1 aliphatic rings. The Morgan fingerprint density at radius 1 is 1.35 bits per heavy atom. The van der Waals surface area contributed by atoms with Crippen LogP contribution >= 0.6 is 11.8 Å². The molecule has 0 spiro atoms. The van der Waals surface area contributed by atoms with Crippen molar-refractivity contribution in [2.24, 2.45) is 0 Å². The van der Waals surface area contributed by atoms with Crippen LogP contribution in [0.3, 0.4) is 0 Å². The number of nitrogens with zero attached hydrogens (tertiary/aromatic N) is 1. The highest BCUT2D eigenvalue weighted by molar-refractivity contribution is 8.00. The van der Waals surface area contributed by atoms with Crippen molar-refractivity contribution in [3.8, 4) is 0 Å². The lowest BCUT2D eigenvalue weighted by Gasteiger charge is -2.21. The Morgan fingerprint density at radius 3 is 2.70 bits per heavy atom. The van der Waals surface area contributed by atoms with Gasteiger partial charge in [0, 0.05) is 23.5 Å². The van der Waals surface area contributed by atoms with E-state index in [0.29, 0.717) is 30.1 Å². The predicted octanol–water partition coefficient (Wildman–Crippen LogP) is 2.54. The number of fused-ring (bicyclic) bond motifs is 1. The summed E-state index contributed by atoms with van der Waals surface area (Å²) in [6.07, 6.45) is 3.36. The molecule has 0 radical (unpaired) electrons. The highest BCUT2D eigenvalue weighted by atomic mass is 32.2. The molecule has 0 aromatic heterocycles. The first kappa shape index (κ1) is 14.4. The maximum Gasteiger partial charge on any atom is 0.254 e. The van der Waals surface area contributed by atoms with Crippen LogP contribution in [0.2, 0.25) is 0 Å². The Balaban J connectivity index is 2.25. The van der Waals surface area contributed by atoms with E-state index in [2.05, 4.69) is 18.5 Å². The van der Waals surface area contributed by atoms with Crippen molar-refractivity contribution < 1.29 is 9.59 Å². The summed E-state index contributed by atoms with van der Waals surface area (Å²) < 4.78 is 0. The van der Waals surface area contributed by atoms with Gasteiger partial charge in [-0.2, -0.15) is 0 Å².